The molecular weight excluding hydrogens is 444 g/mol. The van der Waals surface area contributed by atoms with Gasteiger partial charge in [-0.15, -0.1) is 11.3 Å². The minimum atomic E-state index is -0.418. The molecule has 0 aliphatic carbocycles. The molecule has 2 aromatic heterocycles. The van der Waals surface area contributed by atoms with E-state index in [1.807, 2.05) is 38.1 Å². The number of halogens is 1. The van der Waals surface area contributed by atoms with Crippen LogP contribution < -0.4 is 15.7 Å². The molecule has 1 aromatic carbocycles. The van der Waals surface area contributed by atoms with Crippen LogP contribution >= 0.6 is 27.3 Å². The van der Waals surface area contributed by atoms with Crippen molar-refractivity contribution in [2.75, 3.05) is 6.61 Å². The summed E-state index contributed by atoms with van der Waals surface area (Å²) >= 11 is 4.89. The maximum Gasteiger partial charge on any atom is 0.262 e. The van der Waals surface area contributed by atoms with Gasteiger partial charge in [0.25, 0.3) is 11.5 Å². The number of benzene rings is 1. The van der Waals surface area contributed by atoms with Crippen LogP contribution in [-0.2, 0) is 17.8 Å². The van der Waals surface area contributed by atoms with Crippen molar-refractivity contribution in [3.05, 3.63) is 55.9 Å². The van der Waals surface area contributed by atoms with Gasteiger partial charge < -0.3 is 4.74 Å². The lowest BCUT2D eigenvalue weighted by molar-refractivity contribution is -0.121. The highest BCUT2D eigenvalue weighted by Crippen LogP contribution is 2.22. The van der Waals surface area contributed by atoms with Crippen molar-refractivity contribution >= 4 is 49.6 Å². The zero-order valence-electron chi connectivity index (χ0n) is 15.4. The maximum atomic E-state index is 12.5. The van der Waals surface area contributed by atoms with Gasteiger partial charge in [0.1, 0.15) is 17.1 Å². The second-order valence-corrected chi connectivity index (χ2v) is 7.90. The molecule has 7 nitrogen and oxygen atoms in total. The SMILES string of the molecule is CCOc1ccc(Br)cc1C=NNC(=O)Cn1cnc2sc(CC)cc2c1=O. The number of fused-ring (bicyclic) bond motifs is 1. The second kappa shape index (κ2) is 9.11. The van der Waals surface area contributed by atoms with Gasteiger partial charge >= 0.3 is 0 Å². The van der Waals surface area contributed by atoms with E-state index in [4.69, 9.17) is 4.74 Å². The standard InChI is InChI=1S/C19H19BrN4O3S/c1-3-14-8-15-18(28-14)21-11-24(19(15)26)10-17(25)23-22-9-12-7-13(20)5-6-16(12)27-4-2/h5-9,11H,3-4,10H2,1-2H3,(H,23,25). The van der Waals surface area contributed by atoms with Crippen LogP contribution in [0.4, 0.5) is 0 Å². The summed E-state index contributed by atoms with van der Waals surface area (Å²) in [5.41, 5.74) is 2.93. The number of hydrazone groups is 1. The second-order valence-electron chi connectivity index (χ2n) is 5.87. The third-order valence-electron chi connectivity index (χ3n) is 3.90. The van der Waals surface area contributed by atoms with Crippen LogP contribution in [-0.4, -0.2) is 28.3 Å². The van der Waals surface area contributed by atoms with E-state index in [0.29, 0.717) is 22.6 Å². The Balaban J connectivity index is 1.70. The number of nitrogens with zero attached hydrogens (tertiary/aromatic N) is 3. The van der Waals surface area contributed by atoms with Crippen LogP contribution in [0.1, 0.15) is 24.3 Å². The predicted octanol–water partition coefficient (Wildman–Crippen LogP) is 3.33. The molecule has 28 heavy (non-hydrogen) atoms. The molecule has 1 N–H and O–H groups in total. The van der Waals surface area contributed by atoms with E-state index < -0.39 is 5.91 Å². The molecule has 0 aliphatic heterocycles. The van der Waals surface area contributed by atoms with Crippen LogP contribution in [0.25, 0.3) is 10.2 Å². The summed E-state index contributed by atoms with van der Waals surface area (Å²) in [7, 11) is 0. The van der Waals surface area contributed by atoms with Crippen molar-refractivity contribution in [3.63, 3.8) is 0 Å². The zero-order chi connectivity index (χ0) is 20.1. The van der Waals surface area contributed by atoms with E-state index in [-0.39, 0.29) is 12.1 Å². The molecule has 0 atom stereocenters. The first-order valence-electron chi connectivity index (χ1n) is 8.74. The number of amides is 1. The summed E-state index contributed by atoms with van der Waals surface area (Å²) in [6.07, 6.45) is 3.74. The first-order chi connectivity index (χ1) is 13.5. The molecule has 9 heteroatoms. The number of carbonyl (C=O) groups excluding carboxylic acids is 1. The number of rotatable bonds is 7. The van der Waals surface area contributed by atoms with Gasteiger partial charge in [0.15, 0.2) is 0 Å². The summed E-state index contributed by atoms with van der Waals surface area (Å²) in [4.78, 5) is 30.8. The number of hydrogen-bond donors (Lipinski definition) is 1. The van der Waals surface area contributed by atoms with E-state index in [1.54, 1.807) is 0 Å². The van der Waals surface area contributed by atoms with Gasteiger partial charge in [-0.3, -0.25) is 14.2 Å². The average molecular weight is 463 g/mol. The van der Waals surface area contributed by atoms with Gasteiger partial charge in [0, 0.05) is 14.9 Å². The molecule has 0 spiro atoms. The number of nitrogens with one attached hydrogen (secondary N) is 1. The minimum absolute atomic E-state index is 0.160. The Bertz CT molecular complexity index is 1090. The Morgan fingerprint density at radius 1 is 1.39 bits per heavy atom. The first-order valence-corrected chi connectivity index (χ1v) is 10.3. The highest BCUT2D eigenvalue weighted by Gasteiger charge is 2.10. The van der Waals surface area contributed by atoms with Crippen LogP contribution in [0.5, 0.6) is 5.75 Å². The topological polar surface area (TPSA) is 85.6 Å². The molecule has 0 saturated carbocycles. The van der Waals surface area contributed by atoms with Crippen molar-refractivity contribution in [2.45, 2.75) is 26.8 Å². The first kappa shape index (κ1) is 20.2. The van der Waals surface area contributed by atoms with Crippen LogP contribution in [0.2, 0.25) is 0 Å². The summed E-state index contributed by atoms with van der Waals surface area (Å²) in [5.74, 6) is 0.247. The Labute approximate surface area is 174 Å². The van der Waals surface area contributed by atoms with E-state index in [2.05, 4.69) is 31.4 Å². The Kier molecular flexibility index (Phi) is 6.58. The molecule has 146 valence electrons. The zero-order valence-corrected chi connectivity index (χ0v) is 17.8. The molecule has 3 rings (SSSR count). The van der Waals surface area contributed by atoms with Gasteiger partial charge in [-0.05, 0) is 37.6 Å². The Hall–Kier alpha value is -2.52. The highest BCUT2D eigenvalue weighted by atomic mass is 79.9. The number of hydrogen-bond acceptors (Lipinski definition) is 6. The van der Waals surface area contributed by atoms with Gasteiger partial charge in [0.05, 0.1) is 24.5 Å². The summed E-state index contributed by atoms with van der Waals surface area (Å²) < 4.78 is 7.69. The summed E-state index contributed by atoms with van der Waals surface area (Å²) in [6.45, 7) is 4.28. The number of aryl methyl sites for hydroxylation is 1. The molecule has 0 saturated heterocycles. The number of thiophene rings is 1. The molecule has 0 fully saturated rings. The largest absolute Gasteiger partial charge is 0.493 e. The van der Waals surface area contributed by atoms with Crippen molar-refractivity contribution in [1.29, 1.82) is 0 Å². The molecule has 0 aliphatic rings. The van der Waals surface area contributed by atoms with Gasteiger partial charge in [-0.25, -0.2) is 10.4 Å². The third-order valence-corrected chi connectivity index (χ3v) is 5.58. The number of carbonyl (C=O) groups is 1. The lowest BCUT2D eigenvalue weighted by Gasteiger charge is -2.07. The van der Waals surface area contributed by atoms with Crippen LogP contribution in [0, 0.1) is 0 Å². The average Bonchev–Trinajstić information content (AvgIpc) is 3.10. The quantitative estimate of drug-likeness (QED) is 0.430. The van der Waals surface area contributed by atoms with E-state index in [9.17, 15) is 9.59 Å². The van der Waals surface area contributed by atoms with Gasteiger partial charge in [-0.2, -0.15) is 5.10 Å². The van der Waals surface area contributed by atoms with Crippen LogP contribution in [0.3, 0.4) is 0 Å². The fourth-order valence-corrected chi connectivity index (χ4v) is 3.87. The van der Waals surface area contributed by atoms with Gasteiger partial charge in [0.2, 0.25) is 0 Å². The molecule has 1 amide bonds. The maximum absolute atomic E-state index is 12.5. The van der Waals surface area contributed by atoms with Crippen molar-refractivity contribution in [3.8, 4) is 5.75 Å². The molecular formula is C19H19BrN4O3S. The van der Waals surface area contributed by atoms with Crippen molar-refractivity contribution in [1.82, 2.24) is 15.0 Å². The third kappa shape index (κ3) is 4.66. The Morgan fingerprint density at radius 3 is 2.96 bits per heavy atom. The predicted molar refractivity (Wildman–Crippen MR) is 114 cm³/mol. The fraction of sp³-hybridized carbons (Fsp3) is 0.263. The van der Waals surface area contributed by atoms with Crippen molar-refractivity contribution < 1.29 is 9.53 Å². The molecule has 3 aromatic rings. The lowest BCUT2D eigenvalue weighted by atomic mass is 10.2. The molecule has 0 bridgehead atoms. The minimum Gasteiger partial charge on any atom is -0.493 e. The molecule has 0 radical (unpaired) electrons. The number of ether oxygens (including phenoxy) is 1. The van der Waals surface area contributed by atoms with E-state index in [1.165, 1.54) is 28.4 Å². The van der Waals surface area contributed by atoms with Gasteiger partial charge in [-0.1, -0.05) is 22.9 Å². The smallest absolute Gasteiger partial charge is 0.262 e. The van der Waals surface area contributed by atoms with E-state index >= 15 is 0 Å². The number of aromatic nitrogens is 2. The molecule has 0 unspecified atom stereocenters. The summed E-state index contributed by atoms with van der Waals surface area (Å²) in [6, 6.07) is 7.36. The fourth-order valence-electron chi connectivity index (χ4n) is 2.57. The van der Waals surface area contributed by atoms with Crippen LogP contribution in [0.15, 0.2) is 45.0 Å². The monoisotopic (exact) mass is 462 g/mol. The van der Waals surface area contributed by atoms with Crippen molar-refractivity contribution in [2.24, 2.45) is 5.10 Å². The Morgan fingerprint density at radius 2 is 2.21 bits per heavy atom. The lowest BCUT2D eigenvalue weighted by Crippen LogP contribution is -2.29. The highest BCUT2D eigenvalue weighted by molar-refractivity contribution is 9.10. The normalized spacial score (nSPS) is 11.2. The summed E-state index contributed by atoms with van der Waals surface area (Å²) in [5, 5.41) is 4.51. The molecule has 2 heterocycles. The van der Waals surface area contributed by atoms with E-state index in [0.717, 1.165) is 21.3 Å².